The molecule has 0 aliphatic carbocycles. The van der Waals surface area contributed by atoms with Crippen molar-refractivity contribution in [2.45, 2.75) is 19.1 Å². The van der Waals surface area contributed by atoms with Crippen molar-refractivity contribution in [3.8, 4) is 0 Å². The summed E-state index contributed by atoms with van der Waals surface area (Å²) < 4.78 is 43.3. The molecule has 2 N–H and O–H groups in total. The maximum Gasteiger partial charge on any atom is 0.257 e. The number of aromatic amines is 1. The number of nitrogens with zero attached hydrogens (tertiary/aromatic N) is 2. The van der Waals surface area contributed by atoms with E-state index in [0.29, 0.717) is 11.0 Å². The fourth-order valence-corrected chi connectivity index (χ4v) is 4.11. The van der Waals surface area contributed by atoms with Crippen molar-refractivity contribution in [2.75, 3.05) is 4.90 Å². The molecule has 1 aliphatic heterocycles. The van der Waals surface area contributed by atoms with Crippen molar-refractivity contribution in [1.82, 2.24) is 9.97 Å². The van der Waals surface area contributed by atoms with E-state index < -0.39 is 57.2 Å². The predicted molar refractivity (Wildman–Crippen MR) is 101 cm³/mol. The van der Waals surface area contributed by atoms with E-state index in [2.05, 4.69) is 25.9 Å². The highest BCUT2D eigenvalue weighted by molar-refractivity contribution is 9.10. The summed E-state index contributed by atoms with van der Waals surface area (Å²) in [6.45, 7) is 1.10. The number of nitrogens with one attached hydrogen (secondary N) is 1. The van der Waals surface area contributed by atoms with Crippen LogP contribution < -0.4 is 4.90 Å². The third-order valence-electron chi connectivity index (χ3n) is 5.05. The average Bonchev–Trinajstić information content (AvgIpc) is 3.22. The summed E-state index contributed by atoms with van der Waals surface area (Å²) >= 11 is 2.73. The highest BCUT2D eigenvalue weighted by Crippen LogP contribution is 2.45. The van der Waals surface area contributed by atoms with Crippen molar-refractivity contribution in [1.29, 1.82) is 0 Å². The molecule has 2 heterocycles. The third kappa shape index (κ3) is 2.94. The highest BCUT2D eigenvalue weighted by Gasteiger charge is 2.53. The molecule has 0 spiro atoms. The van der Waals surface area contributed by atoms with Gasteiger partial charge in [0.15, 0.2) is 11.6 Å². The number of fused-ring (bicyclic) bond motifs is 1. The van der Waals surface area contributed by atoms with Gasteiger partial charge in [-0.2, -0.15) is 0 Å². The van der Waals surface area contributed by atoms with E-state index in [-0.39, 0.29) is 5.69 Å². The maximum absolute atomic E-state index is 14.8. The Morgan fingerprint density at radius 3 is 2.66 bits per heavy atom. The number of carbonyl (C=O) groups excluding carboxylic acids is 2. The Hall–Kier alpha value is -2.72. The van der Waals surface area contributed by atoms with Crippen LogP contribution >= 0.6 is 15.9 Å². The molecule has 3 aromatic rings. The molecule has 0 radical (unpaired) electrons. The van der Waals surface area contributed by atoms with Crippen LogP contribution in [0.4, 0.5) is 18.9 Å². The Kier molecular flexibility index (Phi) is 4.70. The SMILES string of the molecule is CC(=O)C1C(O)C(=O)N(c2ccc3nc[nH]c3c2)C1c1c(F)cc(Br)c(F)c1F. The maximum atomic E-state index is 14.8. The summed E-state index contributed by atoms with van der Waals surface area (Å²) in [5.41, 5.74) is 0.465. The summed E-state index contributed by atoms with van der Waals surface area (Å²) in [6, 6.07) is 3.67. The van der Waals surface area contributed by atoms with Gasteiger partial charge < -0.3 is 15.0 Å². The minimum atomic E-state index is -1.83. The number of H-pyrrole nitrogens is 1. The minimum Gasteiger partial charge on any atom is -0.382 e. The van der Waals surface area contributed by atoms with Crippen molar-refractivity contribution in [3.63, 3.8) is 0 Å². The smallest absolute Gasteiger partial charge is 0.257 e. The number of imidazole rings is 1. The van der Waals surface area contributed by atoms with Crippen LogP contribution in [0, 0.1) is 23.4 Å². The lowest BCUT2D eigenvalue weighted by Crippen LogP contribution is -2.32. The molecule has 4 rings (SSSR count). The molecule has 0 saturated carbocycles. The van der Waals surface area contributed by atoms with Crippen LogP contribution in [0.1, 0.15) is 18.5 Å². The number of carbonyl (C=O) groups is 2. The van der Waals surface area contributed by atoms with Crippen LogP contribution in [0.2, 0.25) is 0 Å². The second-order valence-electron chi connectivity index (χ2n) is 6.72. The van der Waals surface area contributed by atoms with Crippen LogP contribution in [0.5, 0.6) is 0 Å². The lowest BCUT2D eigenvalue weighted by atomic mass is 9.88. The molecule has 3 atom stereocenters. The first-order valence-corrected chi connectivity index (χ1v) is 9.29. The number of benzene rings is 2. The molecule has 6 nitrogen and oxygen atoms in total. The van der Waals surface area contributed by atoms with Crippen LogP contribution in [0.15, 0.2) is 35.1 Å². The summed E-state index contributed by atoms with van der Waals surface area (Å²) in [5, 5.41) is 10.4. The fraction of sp³-hybridized carbons (Fsp3) is 0.211. The van der Waals surface area contributed by atoms with E-state index in [1.165, 1.54) is 18.5 Å². The van der Waals surface area contributed by atoms with Crippen LogP contribution in [-0.4, -0.2) is 32.9 Å². The van der Waals surface area contributed by atoms with Gasteiger partial charge in [0, 0.05) is 5.69 Å². The highest BCUT2D eigenvalue weighted by atomic mass is 79.9. The summed E-state index contributed by atoms with van der Waals surface area (Å²) in [6.07, 6.45) is -0.408. The largest absolute Gasteiger partial charge is 0.382 e. The van der Waals surface area contributed by atoms with Gasteiger partial charge in [-0.15, -0.1) is 0 Å². The Morgan fingerprint density at radius 2 is 1.97 bits per heavy atom. The number of aromatic nitrogens is 2. The number of halogens is 4. The normalized spacial score (nSPS) is 21.9. The molecule has 1 aliphatic rings. The van der Waals surface area contributed by atoms with E-state index in [9.17, 15) is 27.9 Å². The monoisotopic (exact) mass is 467 g/mol. The topological polar surface area (TPSA) is 86.3 Å². The summed E-state index contributed by atoms with van der Waals surface area (Å²) in [5.74, 6) is -7.12. The van der Waals surface area contributed by atoms with Crippen LogP contribution in [0.25, 0.3) is 11.0 Å². The zero-order valence-electron chi connectivity index (χ0n) is 14.8. The van der Waals surface area contributed by atoms with Crippen molar-refractivity contribution in [3.05, 3.63) is 58.1 Å². The van der Waals surface area contributed by atoms with E-state index in [0.717, 1.165) is 17.9 Å². The molecule has 2 aromatic carbocycles. The third-order valence-corrected chi connectivity index (χ3v) is 5.62. The second-order valence-corrected chi connectivity index (χ2v) is 7.57. The molecular weight excluding hydrogens is 455 g/mol. The Balaban J connectivity index is 1.97. The van der Waals surface area contributed by atoms with Gasteiger partial charge in [0.25, 0.3) is 5.91 Å². The Morgan fingerprint density at radius 1 is 1.24 bits per heavy atom. The van der Waals surface area contributed by atoms with E-state index in [4.69, 9.17) is 0 Å². The second kappa shape index (κ2) is 6.96. The van der Waals surface area contributed by atoms with Gasteiger partial charge in [-0.25, -0.2) is 18.2 Å². The van der Waals surface area contributed by atoms with Crippen LogP contribution in [0.3, 0.4) is 0 Å². The summed E-state index contributed by atoms with van der Waals surface area (Å²) in [7, 11) is 0. The number of ketones is 1. The van der Waals surface area contributed by atoms with E-state index >= 15 is 0 Å². The number of aliphatic hydroxyl groups is 1. The number of hydrogen-bond acceptors (Lipinski definition) is 4. The molecule has 29 heavy (non-hydrogen) atoms. The molecule has 1 saturated heterocycles. The Bertz CT molecular complexity index is 1170. The fourth-order valence-electron chi connectivity index (χ4n) is 3.73. The van der Waals surface area contributed by atoms with Gasteiger partial charge in [-0.3, -0.25) is 9.59 Å². The van der Waals surface area contributed by atoms with Gasteiger partial charge in [0.1, 0.15) is 17.7 Å². The first kappa shape index (κ1) is 19.6. The zero-order chi connectivity index (χ0) is 21.0. The molecule has 1 amide bonds. The summed E-state index contributed by atoms with van der Waals surface area (Å²) in [4.78, 5) is 32.8. The first-order chi connectivity index (χ1) is 13.7. The number of amides is 1. The number of anilines is 1. The average molecular weight is 468 g/mol. The molecular formula is C19H13BrF3N3O3. The molecule has 1 fully saturated rings. The van der Waals surface area contributed by atoms with Gasteiger partial charge in [0.2, 0.25) is 0 Å². The molecule has 10 heteroatoms. The quantitative estimate of drug-likeness (QED) is 0.456. The number of hydrogen-bond donors (Lipinski definition) is 2. The van der Waals surface area contributed by atoms with E-state index in [1.807, 2.05) is 0 Å². The predicted octanol–water partition coefficient (Wildman–Crippen LogP) is 3.40. The molecule has 0 bridgehead atoms. The van der Waals surface area contributed by atoms with Gasteiger partial charge in [-0.1, -0.05) is 0 Å². The van der Waals surface area contributed by atoms with Gasteiger partial charge in [-0.05, 0) is 47.1 Å². The van der Waals surface area contributed by atoms with Crippen LogP contribution in [-0.2, 0) is 9.59 Å². The first-order valence-electron chi connectivity index (χ1n) is 8.50. The lowest BCUT2D eigenvalue weighted by Gasteiger charge is -2.28. The number of aliphatic hydroxyl groups excluding tert-OH is 1. The standard InChI is InChI=1S/C19H13BrF3N3O3/c1-7(27)13-17(14-10(21)5-9(20)15(22)16(14)23)26(19(29)18(13)28)8-2-3-11-12(4-8)25-6-24-11/h2-6,13,17-18,28H,1H3,(H,24,25). The van der Waals surface area contributed by atoms with Gasteiger partial charge >= 0.3 is 0 Å². The van der Waals surface area contributed by atoms with Gasteiger partial charge in [0.05, 0.1) is 39.4 Å². The minimum absolute atomic E-state index is 0.168. The van der Waals surface area contributed by atoms with E-state index in [1.54, 1.807) is 6.07 Å². The zero-order valence-corrected chi connectivity index (χ0v) is 16.4. The van der Waals surface area contributed by atoms with Crippen molar-refractivity contribution >= 4 is 44.3 Å². The molecule has 3 unspecified atom stereocenters. The van der Waals surface area contributed by atoms with Crippen molar-refractivity contribution < 1.29 is 27.9 Å². The van der Waals surface area contributed by atoms with Crippen molar-refractivity contribution in [2.24, 2.45) is 5.92 Å². The number of rotatable bonds is 3. The lowest BCUT2D eigenvalue weighted by molar-refractivity contribution is -0.131. The Labute approximate surface area is 170 Å². The number of Topliss-reactive ketones (excluding diaryl/α,β-unsaturated/α-hetero) is 1. The molecule has 150 valence electrons. The molecule has 1 aromatic heterocycles.